The summed E-state index contributed by atoms with van der Waals surface area (Å²) in [7, 11) is 0. The Hall–Kier alpha value is -2.51. The second-order valence-electron chi connectivity index (χ2n) is 5.10. The fraction of sp³-hybridized carbons (Fsp3) is 0.188. The molecule has 23 heavy (non-hydrogen) atoms. The Morgan fingerprint density at radius 3 is 2.91 bits per heavy atom. The molecule has 0 saturated heterocycles. The van der Waals surface area contributed by atoms with E-state index in [1.165, 1.54) is 11.3 Å². The van der Waals surface area contributed by atoms with Crippen molar-refractivity contribution < 1.29 is 9.90 Å². The van der Waals surface area contributed by atoms with E-state index >= 15 is 0 Å². The van der Waals surface area contributed by atoms with Gasteiger partial charge in [-0.3, -0.25) is 4.79 Å². The van der Waals surface area contributed by atoms with Gasteiger partial charge in [0.05, 0.1) is 18.5 Å². The molecule has 2 N–H and O–H groups in total. The molecule has 118 valence electrons. The van der Waals surface area contributed by atoms with E-state index in [2.05, 4.69) is 15.4 Å². The molecule has 0 spiro atoms. The molecule has 0 aliphatic carbocycles. The number of rotatable bonds is 5. The van der Waals surface area contributed by atoms with Gasteiger partial charge in [-0.25, -0.2) is 9.67 Å². The van der Waals surface area contributed by atoms with E-state index in [9.17, 15) is 4.79 Å². The molecule has 0 fully saturated rings. The van der Waals surface area contributed by atoms with Crippen LogP contribution in [-0.4, -0.2) is 38.4 Å². The van der Waals surface area contributed by atoms with Crippen molar-refractivity contribution in [2.24, 2.45) is 0 Å². The van der Waals surface area contributed by atoms with Gasteiger partial charge >= 0.3 is 0 Å². The summed E-state index contributed by atoms with van der Waals surface area (Å²) in [6.07, 6.45) is 3.61. The molecule has 0 aliphatic rings. The molecule has 0 radical (unpaired) electrons. The Morgan fingerprint density at radius 1 is 1.39 bits per heavy atom. The molecule has 0 bridgehead atoms. The number of benzene rings is 1. The summed E-state index contributed by atoms with van der Waals surface area (Å²) in [5, 5.41) is 18.4. The standard InChI is InChI=1S/C16H16N4O2S/c1-11(9-21)18-15(22)14-10-23-16(19-14)12-7-17-20(8-12)13-5-3-2-4-6-13/h2-8,10-11,21H,9H2,1H3,(H,18,22). The first-order valence-electron chi connectivity index (χ1n) is 7.15. The minimum atomic E-state index is -0.298. The van der Waals surface area contributed by atoms with Crippen molar-refractivity contribution in [1.29, 1.82) is 0 Å². The molecule has 0 aliphatic heterocycles. The molecule has 2 heterocycles. The van der Waals surface area contributed by atoms with Crippen molar-refractivity contribution in [3.8, 4) is 16.3 Å². The quantitative estimate of drug-likeness (QED) is 0.752. The lowest BCUT2D eigenvalue weighted by Gasteiger charge is -2.08. The zero-order chi connectivity index (χ0) is 16.2. The van der Waals surface area contributed by atoms with Crippen molar-refractivity contribution >= 4 is 17.2 Å². The van der Waals surface area contributed by atoms with Gasteiger partial charge in [-0.15, -0.1) is 11.3 Å². The van der Waals surface area contributed by atoms with Crippen LogP contribution < -0.4 is 5.32 Å². The second kappa shape index (κ2) is 6.72. The molecule has 3 aromatic rings. The molecular weight excluding hydrogens is 312 g/mol. The third-order valence-corrected chi connectivity index (χ3v) is 4.13. The van der Waals surface area contributed by atoms with Gasteiger partial charge < -0.3 is 10.4 Å². The number of aromatic nitrogens is 3. The topological polar surface area (TPSA) is 80.0 Å². The molecular formula is C16H16N4O2S. The molecule has 1 amide bonds. The van der Waals surface area contributed by atoms with E-state index in [4.69, 9.17) is 5.11 Å². The minimum Gasteiger partial charge on any atom is -0.394 e. The number of aliphatic hydroxyl groups is 1. The maximum atomic E-state index is 12.0. The smallest absolute Gasteiger partial charge is 0.271 e. The third kappa shape index (κ3) is 3.46. The first-order valence-corrected chi connectivity index (χ1v) is 8.03. The van der Waals surface area contributed by atoms with Gasteiger partial charge in [-0.2, -0.15) is 5.10 Å². The summed E-state index contributed by atoms with van der Waals surface area (Å²) in [4.78, 5) is 16.3. The van der Waals surface area contributed by atoms with Crippen LogP contribution in [0.1, 0.15) is 17.4 Å². The van der Waals surface area contributed by atoms with Crippen LogP contribution in [0.15, 0.2) is 48.1 Å². The first-order chi connectivity index (χ1) is 11.2. The van der Waals surface area contributed by atoms with E-state index in [0.717, 1.165) is 16.3 Å². The van der Waals surface area contributed by atoms with Gasteiger partial charge in [0.15, 0.2) is 0 Å². The maximum Gasteiger partial charge on any atom is 0.271 e. The lowest BCUT2D eigenvalue weighted by molar-refractivity contribution is 0.0918. The second-order valence-corrected chi connectivity index (χ2v) is 5.96. The number of aliphatic hydroxyl groups excluding tert-OH is 1. The minimum absolute atomic E-state index is 0.105. The number of carbonyl (C=O) groups is 1. The number of thiazole rings is 1. The molecule has 6 nitrogen and oxygen atoms in total. The molecule has 1 atom stereocenters. The zero-order valence-electron chi connectivity index (χ0n) is 12.5. The highest BCUT2D eigenvalue weighted by Crippen LogP contribution is 2.24. The molecule has 1 unspecified atom stereocenters. The summed E-state index contributed by atoms with van der Waals surface area (Å²) in [5.41, 5.74) is 2.16. The van der Waals surface area contributed by atoms with Gasteiger partial charge in [0.2, 0.25) is 0 Å². The Morgan fingerprint density at radius 2 is 2.17 bits per heavy atom. The summed E-state index contributed by atoms with van der Waals surface area (Å²) in [6.45, 7) is 1.63. The highest BCUT2D eigenvalue weighted by atomic mass is 32.1. The Kier molecular flexibility index (Phi) is 4.50. The Bertz CT molecular complexity index is 797. The lowest BCUT2D eigenvalue weighted by Crippen LogP contribution is -2.35. The van der Waals surface area contributed by atoms with E-state index in [1.54, 1.807) is 23.2 Å². The number of nitrogens with one attached hydrogen (secondary N) is 1. The zero-order valence-corrected chi connectivity index (χ0v) is 13.3. The van der Waals surface area contributed by atoms with Gasteiger partial charge in [0, 0.05) is 23.2 Å². The fourth-order valence-corrected chi connectivity index (χ4v) is 2.78. The highest BCUT2D eigenvalue weighted by Gasteiger charge is 2.14. The molecule has 1 aromatic carbocycles. The lowest BCUT2D eigenvalue weighted by atomic mass is 10.3. The number of amides is 1. The van der Waals surface area contributed by atoms with Crippen LogP contribution in [0.4, 0.5) is 0 Å². The van der Waals surface area contributed by atoms with Crippen LogP contribution in [0.3, 0.4) is 0 Å². The van der Waals surface area contributed by atoms with Gasteiger partial charge in [-0.05, 0) is 19.1 Å². The van der Waals surface area contributed by atoms with E-state index in [1.807, 2.05) is 36.5 Å². The number of carbonyl (C=O) groups excluding carboxylic acids is 1. The van der Waals surface area contributed by atoms with Crippen molar-refractivity contribution in [2.45, 2.75) is 13.0 Å². The Balaban J connectivity index is 1.79. The Labute approximate surface area is 137 Å². The molecule has 2 aromatic heterocycles. The van der Waals surface area contributed by atoms with E-state index < -0.39 is 0 Å². The van der Waals surface area contributed by atoms with Gasteiger partial charge in [0.1, 0.15) is 10.7 Å². The van der Waals surface area contributed by atoms with Crippen LogP contribution in [0.2, 0.25) is 0 Å². The van der Waals surface area contributed by atoms with Crippen LogP contribution in [0.25, 0.3) is 16.3 Å². The summed E-state index contributed by atoms with van der Waals surface area (Å²) < 4.78 is 1.77. The number of hydrogen-bond donors (Lipinski definition) is 2. The predicted octanol–water partition coefficient (Wildman–Crippen LogP) is 2.11. The SMILES string of the molecule is CC(CO)NC(=O)c1csc(-c2cnn(-c3ccccc3)c2)n1. The first kappa shape index (κ1) is 15.4. The summed E-state index contributed by atoms with van der Waals surface area (Å²) >= 11 is 1.39. The average molecular weight is 328 g/mol. The van der Waals surface area contributed by atoms with Crippen molar-refractivity contribution in [1.82, 2.24) is 20.1 Å². The van der Waals surface area contributed by atoms with Crippen LogP contribution >= 0.6 is 11.3 Å². The van der Waals surface area contributed by atoms with Crippen LogP contribution in [0.5, 0.6) is 0 Å². The van der Waals surface area contributed by atoms with Gasteiger partial charge in [0.25, 0.3) is 5.91 Å². The van der Waals surface area contributed by atoms with Crippen LogP contribution in [0, 0.1) is 0 Å². The van der Waals surface area contributed by atoms with Crippen molar-refractivity contribution in [3.63, 3.8) is 0 Å². The number of para-hydroxylation sites is 1. The van der Waals surface area contributed by atoms with Crippen molar-refractivity contribution in [2.75, 3.05) is 6.61 Å². The largest absolute Gasteiger partial charge is 0.394 e. The normalized spacial score (nSPS) is 12.1. The van der Waals surface area contributed by atoms with Gasteiger partial charge in [-0.1, -0.05) is 18.2 Å². The predicted molar refractivity (Wildman–Crippen MR) is 88.7 cm³/mol. The third-order valence-electron chi connectivity index (χ3n) is 3.24. The highest BCUT2D eigenvalue weighted by molar-refractivity contribution is 7.13. The van der Waals surface area contributed by atoms with E-state index in [0.29, 0.717) is 5.69 Å². The monoisotopic (exact) mass is 328 g/mol. The van der Waals surface area contributed by atoms with Crippen molar-refractivity contribution in [3.05, 3.63) is 53.8 Å². The number of hydrogen-bond acceptors (Lipinski definition) is 5. The van der Waals surface area contributed by atoms with E-state index in [-0.39, 0.29) is 18.6 Å². The average Bonchev–Trinajstić information content (AvgIpc) is 3.24. The maximum absolute atomic E-state index is 12.0. The van der Waals surface area contributed by atoms with Crippen LogP contribution in [-0.2, 0) is 0 Å². The fourth-order valence-electron chi connectivity index (χ4n) is 2.01. The molecule has 7 heteroatoms. The summed E-state index contributed by atoms with van der Waals surface area (Å²) in [6, 6.07) is 9.48. The molecule has 3 rings (SSSR count). The molecule has 0 saturated carbocycles. The number of nitrogens with zero attached hydrogens (tertiary/aromatic N) is 3. The summed E-state index contributed by atoms with van der Waals surface area (Å²) in [5.74, 6) is -0.287.